The number of aliphatic carboxylic acids is 1. The van der Waals surface area contributed by atoms with E-state index in [-0.39, 0.29) is 73.0 Å². The van der Waals surface area contributed by atoms with Gasteiger partial charge in [0.2, 0.25) is 6.41 Å². The Morgan fingerprint density at radius 2 is 2.26 bits per heavy atom. The number of oxime groups is 1. The van der Waals surface area contributed by atoms with Crippen molar-refractivity contribution in [3.8, 4) is 0 Å². The minimum atomic E-state index is -1.34. The second-order valence-corrected chi connectivity index (χ2v) is 4.32. The molecule has 0 saturated carbocycles. The van der Waals surface area contributed by atoms with Crippen molar-refractivity contribution in [2.45, 2.75) is 6.42 Å². The Bertz CT molecular complexity index is 507. The predicted molar refractivity (Wildman–Crippen MR) is 69.9 cm³/mol. The monoisotopic (exact) mass is 331 g/mol. The summed E-state index contributed by atoms with van der Waals surface area (Å²) >= 11 is 6.75. The zero-order chi connectivity index (χ0) is 13.5. The first-order valence-electron chi connectivity index (χ1n) is 4.34. The summed E-state index contributed by atoms with van der Waals surface area (Å²) < 4.78 is 0.221. The molecular weight excluding hydrogens is 325 g/mol. The van der Waals surface area contributed by atoms with Crippen molar-refractivity contribution in [3.63, 3.8) is 0 Å². The summed E-state index contributed by atoms with van der Waals surface area (Å²) in [7, 11) is 0. The fraction of sp³-hybridized carbons (Fsp3) is 0.125. The molecule has 1 aromatic rings. The van der Waals surface area contributed by atoms with E-state index in [1.807, 2.05) is 0 Å². The van der Waals surface area contributed by atoms with Crippen LogP contribution in [-0.2, 0) is 25.6 Å². The van der Waals surface area contributed by atoms with Gasteiger partial charge in [0.25, 0.3) is 0 Å². The average molecular weight is 332 g/mol. The Morgan fingerprint density at radius 1 is 1.58 bits per heavy atom. The van der Waals surface area contributed by atoms with Crippen LogP contribution in [0.2, 0.25) is 4.34 Å². The van der Waals surface area contributed by atoms with Crippen molar-refractivity contribution in [2.24, 2.45) is 5.16 Å². The van der Waals surface area contributed by atoms with E-state index in [0.717, 1.165) is 11.3 Å². The van der Waals surface area contributed by atoms with Gasteiger partial charge in [-0.3, -0.25) is 4.79 Å². The summed E-state index contributed by atoms with van der Waals surface area (Å²) in [5.41, 5.74) is 0.210. The Hall–Kier alpha value is -0.364. The van der Waals surface area contributed by atoms with Gasteiger partial charge in [-0.1, -0.05) is 28.1 Å². The second-order valence-electron chi connectivity index (χ2n) is 2.71. The average Bonchev–Trinajstić information content (AvgIpc) is 2.59. The molecule has 1 amide bonds. The Kier molecular flexibility index (Phi) is 9.34. The first kappa shape index (κ1) is 18.6. The molecule has 0 bridgehead atoms. The summed E-state index contributed by atoms with van der Waals surface area (Å²) in [4.78, 5) is 39.5. The molecule has 0 spiro atoms. The number of nitrogens with zero attached hydrogens (tertiary/aromatic N) is 2. The molecule has 0 aliphatic carbocycles. The molecule has 19 heavy (non-hydrogen) atoms. The van der Waals surface area contributed by atoms with Gasteiger partial charge in [0, 0.05) is 0 Å². The molecule has 1 rings (SSSR count). The third-order valence-corrected chi connectivity index (χ3v) is 2.73. The van der Waals surface area contributed by atoms with Crippen molar-refractivity contribution >= 4 is 104 Å². The maximum absolute atomic E-state index is 11.2. The van der Waals surface area contributed by atoms with Gasteiger partial charge in [0.1, 0.15) is 4.34 Å². The molecule has 0 aromatic carbocycles. The normalized spacial score (nSPS) is 9.74. The van der Waals surface area contributed by atoms with Gasteiger partial charge in [-0.05, 0) is 0 Å². The number of carbonyl (C=O) groups is 3. The number of hydrogen-bond donors (Lipinski definition) is 2. The molecule has 98 valence electrons. The van der Waals surface area contributed by atoms with E-state index in [9.17, 15) is 14.4 Å². The zero-order valence-corrected chi connectivity index (χ0v) is 10.2. The Balaban J connectivity index is 0.00000324. The molecule has 0 unspecified atom stereocenters. The van der Waals surface area contributed by atoms with Crippen LogP contribution >= 0.6 is 22.9 Å². The third kappa shape index (κ3) is 7.10. The number of anilines is 1. The van der Waals surface area contributed by atoms with Gasteiger partial charge in [-0.15, -0.1) is 0 Å². The van der Waals surface area contributed by atoms with Crippen molar-refractivity contribution in [3.05, 3.63) is 10.0 Å². The number of halogens is 1. The van der Waals surface area contributed by atoms with E-state index in [1.54, 1.807) is 0 Å². The Morgan fingerprint density at radius 3 is 2.84 bits per heavy atom. The molecule has 0 aliphatic rings. The molecular formula is C8H7ClKN3O5S. The molecule has 8 nitrogen and oxygen atoms in total. The molecule has 0 fully saturated rings. The first-order chi connectivity index (χ1) is 8.52. The SMILES string of the molecule is O=CNc1nc(CC(=O)O/N=C\C(=O)O)c(Cl)s1.[KH]. The molecule has 0 atom stereocenters. The molecule has 1 aromatic heterocycles. The number of hydrogen-bond acceptors (Lipinski definition) is 7. The van der Waals surface area contributed by atoms with Gasteiger partial charge in [-0.25, -0.2) is 14.6 Å². The van der Waals surface area contributed by atoms with Gasteiger partial charge in [-0.2, -0.15) is 0 Å². The van der Waals surface area contributed by atoms with Gasteiger partial charge >= 0.3 is 63.3 Å². The van der Waals surface area contributed by atoms with Crippen molar-refractivity contribution in [1.29, 1.82) is 0 Å². The fourth-order valence-corrected chi connectivity index (χ4v) is 1.85. The molecule has 0 radical (unpaired) electrons. The van der Waals surface area contributed by atoms with Crippen LogP contribution in [-0.4, -0.2) is 86.0 Å². The third-order valence-electron chi connectivity index (χ3n) is 1.46. The zero-order valence-electron chi connectivity index (χ0n) is 8.62. The molecule has 2 N–H and O–H groups in total. The van der Waals surface area contributed by atoms with E-state index < -0.39 is 11.9 Å². The minimum absolute atomic E-state index is 0. The number of carbonyl (C=O) groups excluding carboxylic acids is 2. The molecule has 0 aliphatic heterocycles. The van der Waals surface area contributed by atoms with E-state index in [4.69, 9.17) is 16.7 Å². The quantitative estimate of drug-likeness (QED) is 0.246. The van der Waals surface area contributed by atoms with E-state index in [0.29, 0.717) is 12.6 Å². The first-order valence-corrected chi connectivity index (χ1v) is 5.54. The van der Waals surface area contributed by atoms with E-state index in [1.165, 1.54) is 0 Å². The van der Waals surface area contributed by atoms with E-state index in [2.05, 4.69) is 20.3 Å². The predicted octanol–water partition coefficient (Wildman–Crippen LogP) is -0.128. The number of amides is 1. The number of carboxylic acid groups (broad SMARTS) is 1. The summed E-state index contributed by atoms with van der Waals surface area (Å²) in [6.07, 6.45) is 0.571. The number of carboxylic acids is 1. The van der Waals surface area contributed by atoms with Gasteiger partial charge in [0.05, 0.1) is 12.1 Å². The van der Waals surface area contributed by atoms with Crippen LogP contribution in [0.3, 0.4) is 0 Å². The van der Waals surface area contributed by atoms with Crippen molar-refractivity contribution < 1.29 is 24.3 Å². The van der Waals surface area contributed by atoms with Crippen LogP contribution in [0.1, 0.15) is 5.69 Å². The summed E-state index contributed by atoms with van der Waals surface area (Å²) in [6, 6.07) is 0. The summed E-state index contributed by atoms with van der Waals surface area (Å²) in [5, 5.41) is 13.7. The number of aromatic nitrogens is 1. The molecule has 11 heteroatoms. The van der Waals surface area contributed by atoms with Gasteiger partial charge < -0.3 is 15.3 Å². The van der Waals surface area contributed by atoms with Crippen LogP contribution in [0.4, 0.5) is 5.13 Å². The topological polar surface area (TPSA) is 118 Å². The second kappa shape index (κ2) is 9.53. The van der Waals surface area contributed by atoms with Crippen LogP contribution in [0.25, 0.3) is 0 Å². The standard InChI is InChI=1S/C8H6ClN3O5S.K.H/c9-7-4(12-8(18-7)10-3-13)1-6(16)17-11-2-5(14)15;;/h2-3H,1H2,(H,14,15)(H,10,12,13);;/b11-2-;;. The van der Waals surface area contributed by atoms with Crippen LogP contribution < -0.4 is 5.32 Å². The van der Waals surface area contributed by atoms with Crippen LogP contribution in [0.15, 0.2) is 5.16 Å². The van der Waals surface area contributed by atoms with E-state index >= 15 is 0 Å². The number of rotatable bonds is 6. The Labute approximate surface area is 158 Å². The number of thiazole rings is 1. The fourth-order valence-electron chi connectivity index (χ4n) is 0.854. The van der Waals surface area contributed by atoms with Crippen molar-refractivity contribution in [1.82, 2.24) is 4.98 Å². The molecule has 1 heterocycles. The van der Waals surface area contributed by atoms with Crippen LogP contribution in [0.5, 0.6) is 0 Å². The van der Waals surface area contributed by atoms with Crippen LogP contribution in [0, 0.1) is 0 Å². The van der Waals surface area contributed by atoms with Crippen molar-refractivity contribution in [2.75, 3.05) is 5.32 Å². The number of nitrogens with one attached hydrogen (secondary N) is 1. The van der Waals surface area contributed by atoms with Gasteiger partial charge in [0.15, 0.2) is 11.3 Å². The maximum atomic E-state index is 11.2. The molecule has 0 saturated heterocycles. The summed E-state index contributed by atoms with van der Waals surface area (Å²) in [5.74, 6) is -2.16. The summed E-state index contributed by atoms with van der Waals surface area (Å²) in [6.45, 7) is 0.